The number of hydrogen-bond donors (Lipinski definition) is 1. The lowest BCUT2D eigenvalue weighted by atomic mass is 10.1. The molecule has 31 heavy (non-hydrogen) atoms. The smallest absolute Gasteiger partial charge is 0.416 e. The molecule has 1 atom stereocenters. The highest BCUT2D eigenvalue weighted by atomic mass is 32.2. The van der Waals surface area contributed by atoms with Gasteiger partial charge < -0.3 is 9.64 Å². The maximum Gasteiger partial charge on any atom is 0.416 e. The molecule has 1 unspecified atom stereocenters. The largest absolute Gasteiger partial charge is 0.491 e. The van der Waals surface area contributed by atoms with Gasteiger partial charge in [-0.05, 0) is 61.7 Å². The average Bonchev–Trinajstić information content (AvgIpc) is 3.01. The summed E-state index contributed by atoms with van der Waals surface area (Å²) >= 11 is 0. The number of nitrogens with one attached hydrogen (secondary N) is 1. The summed E-state index contributed by atoms with van der Waals surface area (Å²) < 4.78 is 73.0. The Labute approximate surface area is 179 Å². The van der Waals surface area contributed by atoms with Gasteiger partial charge in [-0.2, -0.15) is 13.2 Å². The second-order valence-electron chi connectivity index (χ2n) is 7.40. The van der Waals surface area contributed by atoms with E-state index in [1.54, 1.807) is 4.90 Å². The fourth-order valence-electron chi connectivity index (χ4n) is 3.58. The Hall–Kier alpha value is -2.75. The highest BCUT2D eigenvalue weighted by Gasteiger charge is 2.33. The molecule has 2 aromatic carbocycles. The monoisotopic (exact) mass is 456 g/mol. The number of rotatable bonds is 6. The molecule has 0 radical (unpaired) electrons. The zero-order chi connectivity index (χ0) is 23.0. The van der Waals surface area contributed by atoms with Gasteiger partial charge in [-0.1, -0.05) is 6.92 Å². The van der Waals surface area contributed by atoms with Crippen molar-refractivity contribution in [1.29, 1.82) is 0 Å². The van der Waals surface area contributed by atoms with E-state index in [0.717, 1.165) is 18.2 Å². The first-order chi connectivity index (χ1) is 14.4. The number of ether oxygens (including phenoxy) is 1. The van der Waals surface area contributed by atoms with Crippen LogP contribution in [-0.2, 0) is 27.4 Å². The van der Waals surface area contributed by atoms with Gasteiger partial charge in [0.15, 0.2) is 0 Å². The Bertz CT molecular complexity index is 1100. The maximum atomic E-state index is 13.1. The zero-order valence-corrected chi connectivity index (χ0v) is 18.1. The lowest BCUT2D eigenvalue weighted by Gasteiger charge is -2.20. The van der Waals surface area contributed by atoms with Crippen molar-refractivity contribution in [3.05, 3.63) is 47.5 Å². The number of anilines is 2. The van der Waals surface area contributed by atoms with Crippen LogP contribution in [0.25, 0.3) is 0 Å². The van der Waals surface area contributed by atoms with E-state index in [9.17, 15) is 26.4 Å². The van der Waals surface area contributed by atoms with Gasteiger partial charge in [-0.15, -0.1) is 0 Å². The summed E-state index contributed by atoms with van der Waals surface area (Å²) in [6, 6.07) is 6.86. The highest BCUT2D eigenvalue weighted by molar-refractivity contribution is 7.92. The van der Waals surface area contributed by atoms with Crippen LogP contribution in [0.1, 0.15) is 38.3 Å². The lowest BCUT2D eigenvalue weighted by Crippen LogP contribution is -2.33. The SMILES string of the molecule is CCCOc1ccc(C(F)(F)F)cc1NS(=O)(=O)c1ccc2c(c1)CC(C)N2C(C)=O. The molecule has 168 valence electrons. The molecule has 1 amide bonds. The first kappa shape index (κ1) is 22.9. The van der Waals surface area contributed by atoms with Gasteiger partial charge in [0, 0.05) is 18.7 Å². The number of halogens is 3. The van der Waals surface area contributed by atoms with E-state index in [2.05, 4.69) is 4.72 Å². The minimum absolute atomic E-state index is 0.0102. The number of alkyl halides is 3. The molecule has 0 saturated heterocycles. The van der Waals surface area contributed by atoms with Crippen molar-refractivity contribution in [2.75, 3.05) is 16.2 Å². The van der Waals surface area contributed by atoms with Crippen LogP contribution in [0.15, 0.2) is 41.3 Å². The molecule has 2 aromatic rings. The number of fused-ring (bicyclic) bond motifs is 1. The van der Waals surface area contributed by atoms with Crippen LogP contribution in [-0.4, -0.2) is 27.0 Å². The van der Waals surface area contributed by atoms with Gasteiger partial charge in [0.1, 0.15) is 5.75 Å². The summed E-state index contributed by atoms with van der Waals surface area (Å²) in [5.74, 6) is -0.141. The number of nitrogens with zero attached hydrogens (tertiary/aromatic N) is 1. The predicted octanol–water partition coefficient (Wildman–Crippen LogP) is 4.59. The fraction of sp³-hybridized carbons (Fsp3) is 0.381. The molecule has 1 aliphatic rings. The first-order valence-electron chi connectivity index (χ1n) is 9.73. The van der Waals surface area contributed by atoms with Crippen LogP contribution in [0.5, 0.6) is 5.75 Å². The van der Waals surface area contributed by atoms with Gasteiger partial charge in [-0.25, -0.2) is 8.42 Å². The molecule has 1 N–H and O–H groups in total. The zero-order valence-electron chi connectivity index (χ0n) is 17.3. The van der Waals surface area contributed by atoms with Crippen molar-refractivity contribution in [3.63, 3.8) is 0 Å². The van der Waals surface area contributed by atoms with Crippen LogP contribution in [0.2, 0.25) is 0 Å². The summed E-state index contributed by atoms with van der Waals surface area (Å²) in [4.78, 5) is 13.3. The number of amides is 1. The van der Waals surface area contributed by atoms with Crippen molar-refractivity contribution in [2.45, 2.75) is 50.7 Å². The molecular formula is C21H23F3N2O4S. The lowest BCUT2D eigenvalue weighted by molar-refractivity contribution is -0.137. The second-order valence-corrected chi connectivity index (χ2v) is 9.08. The molecule has 1 aliphatic heterocycles. The maximum absolute atomic E-state index is 13.1. The summed E-state index contributed by atoms with van der Waals surface area (Å²) in [5, 5.41) is 0. The molecule has 3 rings (SSSR count). The number of hydrogen-bond acceptors (Lipinski definition) is 4. The molecule has 0 saturated carbocycles. The molecule has 0 aliphatic carbocycles. The van der Waals surface area contributed by atoms with Crippen molar-refractivity contribution >= 4 is 27.3 Å². The topological polar surface area (TPSA) is 75.7 Å². The van der Waals surface area contributed by atoms with Crippen LogP contribution in [0.4, 0.5) is 24.5 Å². The van der Waals surface area contributed by atoms with E-state index in [1.807, 2.05) is 13.8 Å². The van der Waals surface area contributed by atoms with Crippen molar-refractivity contribution in [1.82, 2.24) is 0 Å². The van der Waals surface area contributed by atoms with Gasteiger partial charge >= 0.3 is 6.18 Å². The fourth-order valence-corrected chi connectivity index (χ4v) is 4.69. The van der Waals surface area contributed by atoms with Crippen molar-refractivity contribution in [2.24, 2.45) is 0 Å². The van der Waals surface area contributed by atoms with E-state index >= 15 is 0 Å². The Morgan fingerprint density at radius 3 is 2.55 bits per heavy atom. The van der Waals surface area contributed by atoms with E-state index in [1.165, 1.54) is 25.1 Å². The van der Waals surface area contributed by atoms with E-state index in [-0.39, 0.29) is 34.9 Å². The molecule has 0 bridgehead atoms. The Morgan fingerprint density at radius 1 is 1.23 bits per heavy atom. The van der Waals surface area contributed by atoms with Crippen molar-refractivity contribution in [3.8, 4) is 5.75 Å². The Kier molecular flexibility index (Phi) is 6.22. The van der Waals surface area contributed by atoms with Crippen LogP contribution in [0, 0.1) is 0 Å². The van der Waals surface area contributed by atoms with E-state index in [0.29, 0.717) is 24.1 Å². The van der Waals surface area contributed by atoms with Crippen LogP contribution in [0.3, 0.4) is 0 Å². The highest BCUT2D eigenvalue weighted by Crippen LogP contribution is 2.37. The van der Waals surface area contributed by atoms with E-state index < -0.39 is 21.8 Å². The molecular weight excluding hydrogens is 433 g/mol. The normalized spacial score (nSPS) is 16.2. The second kappa shape index (κ2) is 8.41. The number of sulfonamides is 1. The predicted molar refractivity (Wildman–Crippen MR) is 111 cm³/mol. The average molecular weight is 456 g/mol. The third kappa shape index (κ3) is 4.79. The molecule has 10 heteroatoms. The molecule has 0 spiro atoms. The quantitative estimate of drug-likeness (QED) is 0.690. The minimum Gasteiger partial charge on any atom is -0.491 e. The Balaban J connectivity index is 1.97. The van der Waals surface area contributed by atoms with E-state index in [4.69, 9.17) is 4.74 Å². The third-order valence-corrected chi connectivity index (χ3v) is 6.29. The summed E-state index contributed by atoms with van der Waals surface area (Å²) in [6.07, 6.45) is -3.56. The number of carbonyl (C=O) groups is 1. The summed E-state index contributed by atoms with van der Waals surface area (Å²) in [7, 11) is -4.20. The van der Waals surface area contributed by atoms with Gasteiger partial charge in [0.05, 0.1) is 22.8 Å². The number of carbonyl (C=O) groups excluding carboxylic acids is 1. The van der Waals surface area contributed by atoms with Gasteiger partial charge in [0.25, 0.3) is 10.0 Å². The Morgan fingerprint density at radius 2 is 1.94 bits per heavy atom. The van der Waals surface area contributed by atoms with Gasteiger partial charge in [0.2, 0.25) is 5.91 Å². The summed E-state index contributed by atoms with van der Waals surface area (Å²) in [5.41, 5.74) is 0.0264. The molecule has 0 fully saturated rings. The minimum atomic E-state index is -4.64. The third-order valence-electron chi connectivity index (χ3n) is 4.93. The summed E-state index contributed by atoms with van der Waals surface area (Å²) in [6.45, 7) is 5.33. The standard InChI is InChI=1S/C21H23F3N2O4S/c1-4-9-30-20-8-5-16(21(22,23)24)12-18(20)25-31(28,29)17-6-7-19-15(11-17)10-13(2)26(19)14(3)27/h5-8,11-13,25H,4,9-10H2,1-3H3. The number of benzene rings is 2. The van der Waals surface area contributed by atoms with Gasteiger partial charge in [-0.3, -0.25) is 9.52 Å². The van der Waals surface area contributed by atoms with Crippen molar-refractivity contribution < 1.29 is 31.1 Å². The molecule has 0 aromatic heterocycles. The molecule has 1 heterocycles. The first-order valence-corrected chi connectivity index (χ1v) is 11.2. The van der Waals surface area contributed by atoms with Crippen LogP contribution < -0.4 is 14.4 Å². The molecule has 6 nitrogen and oxygen atoms in total. The van der Waals surface area contributed by atoms with Crippen LogP contribution >= 0.6 is 0 Å².